The summed E-state index contributed by atoms with van der Waals surface area (Å²) in [6, 6.07) is 15.8. The Kier molecular flexibility index (Phi) is 5.99. The first kappa shape index (κ1) is 19.1. The third-order valence-corrected chi connectivity index (χ3v) is 4.66. The number of thiazole rings is 1. The SMILES string of the molecule is CCOc1ccccc1NC=C(C#N)c1nc(-c2ccc([N+](=O)[O-])cc2)cs1. The molecule has 0 saturated heterocycles. The number of nitrogens with zero attached hydrogens (tertiary/aromatic N) is 3. The van der Waals surface area contributed by atoms with Crippen molar-refractivity contribution in [1.29, 1.82) is 5.26 Å². The summed E-state index contributed by atoms with van der Waals surface area (Å²) in [6.07, 6.45) is 1.59. The lowest BCUT2D eigenvalue weighted by Crippen LogP contribution is -1.97. The van der Waals surface area contributed by atoms with Gasteiger partial charge >= 0.3 is 0 Å². The number of nitriles is 1. The summed E-state index contributed by atoms with van der Waals surface area (Å²) in [6.45, 7) is 2.45. The molecule has 0 amide bonds. The number of allylic oxidation sites excluding steroid dienone is 1. The van der Waals surface area contributed by atoms with Gasteiger partial charge in [-0.3, -0.25) is 10.1 Å². The Bertz CT molecular complexity index is 1050. The zero-order chi connectivity index (χ0) is 19.9. The second-order valence-corrected chi connectivity index (χ2v) is 6.44. The molecule has 0 atom stereocenters. The molecule has 0 aliphatic rings. The molecule has 2 aromatic carbocycles. The van der Waals surface area contributed by atoms with Crippen LogP contribution in [0.15, 0.2) is 60.1 Å². The van der Waals surface area contributed by atoms with Gasteiger partial charge in [0.25, 0.3) is 5.69 Å². The minimum absolute atomic E-state index is 0.0222. The van der Waals surface area contributed by atoms with E-state index >= 15 is 0 Å². The fourth-order valence-electron chi connectivity index (χ4n) is 2.44. The fraction of sp³-hybridized carbons (Fsp3) is 0.100. The highest BCUT2D eigenvalue weighted by Crippen LogP contribution is 2.28. The molecule has 0 saturated carbocycles. The number of nitrogens with one attached hydrogen (secondary N) is 1. The van der Waals surface area contributed by atoms with Crippen LogP contribution in [0.25, 0.3) is 16.8 Å². The van der Waals surface area contributed by atoms with E-state index in [-0.39, 0.29) is 5.69 Å². The number of nitro groups is 1. The Morgan fingerprint density at radius 1 is 1.32 bits per heavy atom. The van der Waals surface area contributed by atoms with Crippen LogP contribution in [0.2, 0.25) is 0 Å². The molecular formula is C20H16N4O3S. The molecule has 140 valence electrons. The van der Waals surface area contributed by atoms with Crippen LogP contribution in [0.3, 0.4) is 0 Å². The van der Waals surface area contributed by atoms with Crippen molar-refractivity contribution < 1.29 is 9.66 Å². The van der Waals surface area contributed by atoms with Crippen molar-refractivity contribution >= 4 is 28.3 Å². The van der Waals surface area contributed by atoms with Gasteiger partial charge in [0.2, 0.25) is 0 Å². The smallest absolute Gasteiger partial charge is 0.269 e. The van der Waals surface area contributed by atoms with Gasteiger partial charge < -0.3 is 10.1 Å². The van der Waals surface area contributed by atoms with Crippen molar-refractivity contribution in [3.8, 4) is 23.1 Å². The number of nitro benzene ring substituents is 1. The quantitative estimate of drug-likeness (QED) is 0.341. The maximum Gasteiger partial charge on any atom is 0.269 e. The molecule has 0 aliphatic carbocycles. The lowest BCUT2D eigenvalue weighted by molar-refractivity contribution is -0.384. The maximum absolute atomic E-state index is 10.8. The second kappa shape index (κ2) is 8.79. The topological polar surface area (TPSA) is 101 Å². The zero-order valence-electron chi connectivity index (χ0n) is 15.0. The Hall–Kier alpha value is -3.70. The lowest BCUT2D eigenvalue weighted by Gasteiger charge is -2.09. The first-order chi connectivity index (χ1) is 13.6. The molecule has 0 unspecified atom stereocenters. The fourth-order valence-corrected chi connectivity index (χ4v) is 3.24. The molecule has 0 spiro atoms. The van der Waals surface area contributed by atoms with E-state index in [4.69, 9.17) is 4.74 Å². The van der Waals surface area contributed by atoms with Gasteiger partial charge in [-0.25, -0.2) is 4.98 Å². The van der Waals surface area contributed by atoms with Crippen molar-refractivity contribution in [2.24, 2.45) is 0 Å². The lowest BCUT2D eigenvalue weighted by atomic mass is 10.1. The summed E-state index contributed by atoms with van der Waals surface area (Å²) < 4.78 is 5.56. The summed E-state index contributed by atoms with van der Waals surface area (Å²) >= 11 is 1.33. The average Bonchev–Trinajstić information content (AvgIpc) is 3.20. The van der Waals surface area contributed by atoms with Crippen LogP contribution >= 0.6 is 11.3 Å². The van der Waals surface area contributed by atoms with Crippen LogP contribution in [-0.2, 0) is 0 Å². The van der Waals surface area contributed by atoms with Crippen molar-refractivity contribution in [3.05, 3.63) is 75.2 Å². The van der Waals surface area contributed by atoms with Gasteiger partial charge in [-0.1, -0.05) is 12.1 Å². The number of ether oxygens (including phenoxy) is 1. The predicted molar refractivity (Wildman–Crippen MR) is 109 cm³/mol. The Balaban J connectivity index is 1.81. The van der Waals surface area contributed by atoms with Crippen molar-refractivity contribution in [1.82, 2.24) is 4.98 Å². The van der Waals surface area contributed by atoms with E-state index in [2.05, 4.69) is 16.4 Å². The minimum Gasteiger partial charge on any atom is -0.492 e. The number of hydrogen-bond donors (Lipinski definition) is 1. The van der Waals surface area contributed by atoms with Crippen LogP contribution in [-0.4, -0.2) is 16.5 Å². The number of anilines is 1. The van der Waals surface area contributed by atoms with Crippen molar-refractivity contribution in [2.45, 2.75) is 6.92 Å². The third kappa shape index (κ3) is 4.34. The number of benzene rings is 2. The molecule has 0 bridgehead atoms. The Morgan fingerprint density at radius 2 is 2.07 bits per heavy atom. The normalized spacial score (nSPS) is 10.9. The maximum atomic E-state index is 10.8. The van der Waals surface area contributed by atoms with Crippen LogP contribution in [0.5, 0.6) is 5.75 Å². The molecule has 0 aliphatic heterocycles. The van der Waals surface area contributed by atoms with E-state index in [1.165, 1.54) is 23.5 Å². The van der Waals surface area contributed by atoms with Gasteiger partial charge in [0.05, 0.1) is 22.9 Å². The highest BCUT2D eigenvalue weighted by Gasteiger charge is 2.11. The number of para-hydroxylation sites is 2. The van der Waals surface area contributed by atoms with E-state index in [1.54, 1.807) is 18.3 Å². The highest BCUT2D eigenvalue weighted by atomic mass is 32.1. The highest BCUT2D eigenvalue weighted by molar-refractivity contribution is 7.11. The monoisotopic (exact) mass is 392 g/mol. The van der Waals surface area contributed by atoms with E-state index < -0.39 is 4.92 Å². The molecule has 1 heterocycles. The van der Waals surface area contributed by atoms with E-state index in [1.807, 2.05) is 36.6 Å². The number of non-ortho nitro benzene ring substituents is 1. The standard InChI is InChI=1S/C20H16N4O3S/c1-2-27-19-6-4-3-5-17(19)22-12-15(11-21)20-23-18(13-28-20)14-7-9-16(10-8-14)24(25)26/h3-10,12-13,22H,2H2,1H3. The van der Waals surface area contributed by atoms with E-state index in [0.29, 0.717) is 28.6 Å². The molecule has 8 heteroatoms. The largest absolute Gasteiger partial charge is 0.492 e. The van der Waals surface area contributed by atoms with Crippen LogP contribution in [0, 0.1) is 21.4 Å². The van der Waals surface area contributed by atoms with E-state index in [9.17, 15) is 15.4 Å². The van der Waals surface area contributed by atoms with Gasteiger partial charge in [0.1, 0.15) is 22.4 Å². The average molecular weight is 392 g/mol. The summed E-state index contributed by atoms with van der Waals surface area (Å²) in [7, 11) is 0. The molecular weight excluding hydrogens is 376 g/mol. The molecule has 0 radical (unpaired) electrons. The van der Waals surface area contributed by atoms with Crippen LogP contribution in [0.4, 0.5) is 11.4 Å². The first-order valence-corrected chi connectivity index (χ1v) is 9.29. The summed E-state index contributed by atoms with van der Waals surface area (Å²) in [5, 5.41) is 25.7. The number of rotatable bonds is 7. The molecule has 3 rings (SSSR count). The molecule has 1 N–H and O–H groups in total. The van der Waals surface area contributed by atoms with Crippen LogP contribution in [0.1, 0.15) is 11.9 Å². The number of hydrogen-bond acceptors (Lipinski definition) is 7. The first-order valence-electron chi connectivity index (χ1n) is 8.41. The number of aromatic nitrogens is 1. The summed E-state index contributed by atoms with van der Waals surface area (Å²) in [5.41, 5.74) is 2.56. The molecule has 0 fully saturated rings. The van der Waals surface area contributed by atoms with Gasteiger partial charge in [0.15, 0.2) is 0 Å². The minimum atomic E-state index is -0.446. The summed E-state index contributed by atoms with van der Waals surface area (Å²) in [5.74, 6) is 0.698. The van der Waals surface area contributed by atoms with Gasteiger partial charge in [0, 0.05) is 29.3 Å². The van der Waals surface area contributed by atoms with Gasteiger partial charge in [-0.15, -0.1) is 11.3 Å². The Morgan fingerprint density at radius 3 is 2.75 bits per heavy atom. The zero-order valence-corrected chi connectivity index (χ0v) is 15.8. The van der Waals surface area contributed by atoms with Gasteiger partial charge in [-0.05, 0) is 31.2 Å². The molecule has 3 aromatic rings. The van der Waals surface area contributed by atoms with Gasteiger partial charge in [-0.2, -0.15) is 5.26 Å². The predicted octanol–water partition coefficient (Wildman–Crippen LogP) is 5.09. The molecule has 28 heavy (non-hydrogen) atoms. The molecule has 7 nitrogen and oxygen atoms in total. The summed E-state index contributed by atoms with van der Waals surface area (Å²) in [4.78, 5) is 14.8. The van der Waals surface area contributed by atoms with E-state index in [0.717, 1.165) is 11.3 Å². The second-order valence-electron chi connectivity index (χ2n) is 5.59. The molecule has 1 aromatic heterocycles. The van der Waals surface area contributed by atoms with Crippen molar-refractivity contribution in [2.75, 3.05) is 11.9 Å². The third-order valence-electron chi connectivity index (χ3n) is 3.79. The van der Waals surface area contributed by atoms with Crippen LogP contribution < -0.4 is 10.1 Å². The Labute approximate surface area is 165 Å². The van der Waals surface area contributed by atoms with Crippen molar-refractivity contribution in [3.63, 3.8) is 0 Å².